The Morgan fingerprint density at radius 3 is 2.65 bits per heavy atom. The van der Waals surface area contributed by atoms with Crippen LogP contribution in [0.4, 0.5) is 20.3 Å². The lowest BCUT2D eigenvalue weighted by Crippen LogP contribution is -2.51. The first kappa shape index (κ1) is 23.5. The fourth-order valence-electron chi connectivity index (χ4n) is 5.30. The van der Waals surface area contributed by atoms with Gasteiger partial charge in [0.1, 0.15) is 34.0 Å². The number of aryl methyl sites for hydroxylation is 1. The summed E-state index contributed by atoms with van der Waals surface area (Å²) in [4.78, 5) is 50.3. The summed E-state index contributed by atoms with van der Waals surface area (Å²) >= 11 is 1.19. The molecule has 2 N–H and O–H groups in total. The van der Waals surface area contributed by atoms with Crippen LogP contribution in [0.1, 0.15) is 51.4 Å². The highest BCUT2D eigenvalue weighted by atomic mass is 32.1. The van der Waals surface area contributed by atoms with E-state index in [0.717, 1.165) is 0 Å². The number of thiophene rings is 1. The summed E-state index contributed by atoms with van der Waals surface area (Å²) < 4.78 is 29.1. The van der Waals surface area contributed by atoms with Crippen LogP contribution in [-0.4, -0.2) is 50.3 Å². The molecule has 2 aliphatic heterocycles. The molecule has 0 atom stereocenters. The van der Waals surface area contributed by atoms with Crippen molar-refractivity contribution in [2.24, 2.45) is 5.92 Å². The minimum atomic E-state index is -2.83. The molecule has 13 heteroatoms. The Kier molecular flexibility index (Phi) is 5.10. The number of fused-ring (bicyclic) bond motifs is 3. The number of hydrogen-bond acceptors (Lipinski definition) is 8. The zero-order valence-electron chi connectivity index (χ0n) is 19.7. The van der Waals surface area contributed by atoms with E-state index in [4.69, 9.17) is 5.26 Å². The van der Waals surface area contributed by atoms with Gasteiger partial charge in [-0.15, -0.1) is 11.3 Å². The first-order valence-corrected chi connectivity index (χ1v) is 12.6. The second-order valence-corrected chi connectivity index (χ2v) is 10.8. The molecule has 0 aromatic carbocycles. The van der Waals surface area contributed by atoms with E-state index in [0.29, 0.717) is 39.6 Å². The third-order valence-electron chi connectivity index (χ3n) is 7.33. The molecule has 10 nitrogen and oxygen atoms in total. The van der Waals surface area contributed by atoms with Crippen molar-refractivity contribution in [3.63, 3.8) is 0 Å². The van der Waals surface area contributed by atoms with Gasteiger partial charge in [0.2, 0.25) is 5.92 Å². The monoisotopic (exact) mass is 525 g/mol. The molecule has 0 radical (unpaired) electrons. The van der Waals surface area contributed by atoms with Crippen molar-refractivity contribution in [2.75, 3.05) is 18.4 Å². The van der Waals surface area contributed by atoms with Gasteiger partial charge in [0, 0.05) is 25.9 Å². The predicted octanol–water partition coefficient (Wildman–Crippen LogP) is 3.11. The second-order valence-electron chi connectivity index (χ2n) is 9.78. The highest BCUT2D eigenvalue weighted by Gasteiger charge is 2.51. The number of anilines is 2. The van der Waals surface area contributed by atoms with Crippen molar-refractivity contribution in [3.8, 4) is 6.07 Å². The van der Waals surface area contributed by atoms with Crippen molar-refractivity contribution >= 4 is 44.9 Å². The molecule has 1 spiro atoms. The van der Waals surface area contributed by atoms with Crippen molar-refractivity contribution in [2.45, 2.75) is 44.2 Å². The van der Waals surface area contributed by atoms with Gasteiger partial charge in [0.25, 0.3) is 17.4 Å². The summed E-state index contributed by atoms with van der Waals surface area (Å²) in [7, 11) is 0. The summed E-state index contributed by atoms with van der Waals surface area (Å²) in [6.45, 7) is 2.45. The SMILES string of the molecule is Cc1cc(Nc2ncnc3sc(C(=O)N4CC(C#N)C4)cc23)c(=O)n2c1C(=O)NC21CCC(F)(F)CC1. The number of amides is 2. The van der Waals surface area contributed by atoms with Crippen LogP contribution in [0, 0.1) is 24.2 Å². The van der Waals surface area contributed by atoms with E-state index in [1.54, 1.807) is 24.0 Å². The third kappa shape index (κ3) is 3.66. The Bertz CT molecular complexity index is 1580. The Morgan fingerprint density at radius 2 is 1.95 bits per heavy atom. The molecule has 37 heavy (non-hydrogen) atoms. The molecule has 3 aromatic heterocycles. The summed E-state index contributed by atoms with van der Waals surface area (Å²) in [6.07, 6.45) is 0.343. The average molecular weight is 526 g/mol. The molecule has 1 saturated carbocycles. The Hall–Kier alpha value is -3.92. The number of hydrogen-bond donors (Lipinski definition) is 2. The van der Waals surface area contributed by atoms with E-state index in [1.165, 1.54) is 22.2 Å². The fraction of sp³-hybridized carbons (Fsp3) is 0.417. The smallest absolute Gasteiger partial charge is 0.276 e. The van der Waals surface area contributed by atoms with Crippen LogP contribution >= 0.6 is 11.3 Å². The molecular formula is C24H21F2N7O3S. The fourth-order valence-corrected chi connectivity index (χ4v) is 6.26. The van der Waals surface area contributed by atoms with Gasteiger partial charge in [-0.25, -0.2) is 18.7 Å². The van der Waals surface area contributed by atoms with Crippen LogP contribution in [0.3, 0.4) is 0 Å². The number of halogens is 2. The maximum absolute atomic E-state index is 13.9. The zero-order chi connectivity index (χ0) is 26.1. The molecule has 5 heterocycles. The second kappa shape index (κ2) is 8.04. The first-order valence-electron chi connectivity index (χ1n) is 11.8. The standard InChI is InChI=1S/C24H21F2N7O3S/c1-12-6-15(21(35)33-17(12)19(34)31-24(33)4-2-23(25,26)3-5-24)30-18-14-7-16(37-20(14)29-11-28-18)22(36)32-9-13(8-27)10-32/h6-7,11,13H,2-5,9-10H2,1H3,(H,31,34)(H,28,29,30). The quantitative estimate of drug-likeness (QED) is 0.537. The van der Waals surface area contributed by atoms with Crippen molar-refractivity contribution in [1.82, 2.24) is 24.8 Å². The lowest BCUT2D eigenvalue weighted by atomic mass is 9.86. The number of aromatic nitrogens is 3. The normalized spacial score (nSPS) is 19.8. The highest BCUT2D eigenvalue weighted by molar-refractivity contribution is 7.20. The highest BCUT2D eigenvalue weighted by Crippen LogP contribution is 2.43. The van der Waals surface area contributed by atoms with Crippen LogP contribution in [-0.2, 0) is 5.66 Å². The van der Waals surface area contributed by atoms with Gasteiger partial charge >= 0.3 is 0 Å². The molecule has 2 fully saturated rings. The van der Waals surface area contributed by atoms with Crippen LogP contribution in [0.15, 0.2) is 23.3 Å². The van der Waals surface area contributed by atoms with Gasteiger partial charge in [-0.2, -0.15) is 5.26 Å². The number of rotatable bonds is 3. The Morgan fingerprint density at radius 1 is 1.22 bits per heavy atom. The number of nitriles is 1. The molecule has 1 saturated heterocycles. The molecule has 1 aliphatic carbocycles. The van der Waals surface area contributed by atoms with Gasteiger partial charge in [0.05, 0.1) is 22.3 Å². The molecule has 0 bridgehead atoms. The lowest BCUT2D eigenvalue weighted by Gasteiger charge is -2.38. The maximum atomic E-state index is 13.9. The Balaban J connectivity index is 1.36. The molecule has 3 aromatic rings. The van der Waals surface area contributed by atoms with Gasteiger partial charge < -0.3 is 15.5 Å². The van der Waals surface area contributed by atoms with E-state index in [1.807, 2.05) is 0 Å². The van der Waals surface area contributed by atoms with Gasteiger partial charge in [-0.05, 0) is 37.5 Å². The Labute approximate surface area is 212 Å². The minimum Gasteiger partial charge on any atom is -0.335 e. The van der Waals surface area contributed by atoms with Crippen LogP contribution in [0.2, 0.25) is 0 Å². The number of likely N-dealkylation sites (tertiary alicyclic amines) is 1. The number of carbonyl (C=O) groups is 2. The number of nitrogens with one attached hydrogen (secondary N) is 2. The van der Waals surface area contributed by atoms with E-state index in [2.05, 4.69) is 26.7 Å². The van der Waals surface area contributed by atoms with Crippen molar-refractivity contribution in [1.29, 1.82) is 5.26 Å². The van der Waals surface area contributed by atoms with Crippen LogP contribution < -0.4 is 16.2 Å². The molecule has 2 amide bonds. The molecule has 0 unspecified atom stereocenters. The third-order valence-corrected chi connectivity index (χ3v) is 8.37. The van der Waals surface area contributed by atoms with Crippen molar-refractivity contribution in [3.05, 3.63) is 44.9 Å². The van der Waals surface area contributed by atoms with Gasteiger partial charge in [-0.3, -0.25) is 19.0 Å². The summed E-state index contributed by atoms with van der Waals surface area (Å²) in [5.41, 5.74) is -0.902. The molecule has 190 valence electrons. The number of carbonyl (C=O) groups excluding carboxylic acids is 2. The molecular weight excluding hydrogens is 504 g/mol. The molecule has 3 aliphatic rings. The summed E-state index contributed by atoms with van der Waals surface area (Å²) in [5.74, 6) is -3.35. The minimum absolute atomic E-state index is 0.0571. The number of nitrogens with zero attached hydrogens (tertiary/aromatic N) is 5. The lowest BCUT2D eigenvalue weighted by molar-refractivity contribution is -0.0667. The van der Waals surface area contributed by atoms with Crippen molar-refractivity contribution < 1.29 is 18.4 Å². The van der Waals surface area contributed by atoms with E-state index >= 15 is 0 Å². The van der Waals surface area contributed by atoms with E-state index < -0.39 is 35.9 Å². The van der Waals surface area contributed by atoms with E-state index in [9.17, 15) is 23.2 Å². The maximum Gasteiger partial charge on any atom is 0.276 e. The topological polar surface area (TPSA) is 133 Å². The summed E-state index contributed by atoms with van der Waals surface area (Å²) in [5, 5.41) is 15.3. The predicted molar refractivity (Wildman–Crippen MR) is 130 cm³/mol. The zero-order valence-corrected chi connectivity index (χ0v) is 20.5. The van der Waals surface area contributed by atoms with Crippen LogP contribution in [0.25, 0.3) is 10.2 Å². The molecule has 6 rings (SSSR count). The van der Waals surface area contributed by atoms with Gasteiger partial charge in [0.15, 0.2) is 0 Å². The largest absolute Gasteiger partial charge is 0.335 e. The number of pyridine rings is 1. The van der Waals surface area contributed by atoms with Gasteiger partial charge in [-0.1, -0.05) is 0 Å². The summed E-state index contributed by atoms with van der Waals surface area (Å²) in [6, 6.07) is 5.33. The first-order chi connectivity index (χ1) is 17.6. The average Bonchev–Trinajstić information content (AvgIpc) is 3.39. The number of alkyl halides is 2. The van der Waals surface area contributed by atoms with E-state index in [-0.39, 0.29) is 36.0 Å². The van der Waals surface area contributed by atoms with Crippen LogP contribution in [0.5, 0.6) is 0 Å².